The molecule has 3 heteroatoms. The van der Waals surface area contributed by atoms with E-state index in [4.69, 9.17) is 4.98 Å². The van der Waals surface area contributed by atoms with E-state index in [-0.39, 0.29) is 0 Å². The monoisotopic (exact) mass is 346 g/mol. The number of aromatic nitrogens is 2. The van der Waals surface area contributed by atoms with Crippen molar-refractivity contribution >= 4 is 54.3 Å². The highest BCUT2D eigenvalue weighted by molar-refractivity contribution is 9.10. The molecule has 2 aromatic heterocycles. The Hall–Kier alpha value is -2.39. The van der Waals surface area contributed by atoms with Crippen LogP contribution in [0.5, 0.6) is 0 Å². The van der Waals surface area contributed by atoms with Crippen LogP contribution in [0.15, 0.2) is 71.2 Å². The molecule has 5 rings (SSSR count). The SMILES string of the molecule is Brc1cccc2nc3c4ccccc4c4ccccc4n3c12. The first-order chi connectivity index (χ1) is 10.8. The van der Waals surface area contributed by atoms with Crippen LogP contribution in [0.25, 0.3) is 38.4 Å². The number of rotatable bonds is 0. The zero-order valence-electron chi connectivity index (χ0n) is 11.6. The zero-order valence-corrected chi connectivity index (χ0v) is 13.2. The zero-order chi connectivity index (χ0) is 14.7. The lowest BCUT2D eigenvalue weighted by Gasteiger charge is -2.08. The third-order valence-corrected chi connectivity index (χ3v) is 4.87. The second kappa shape index (κ2) is 4.31. The van der Waals surface area contributed by atoms with E-state index in [2.05, 4.69) is 81.0 Å². The van der Waals surface area contributed by atoms with Crippen LogP contribution in [0.1, 0.15) is 0 Å². The highest BCUT2D eigenvalue weighted by atomic mass is 79.9. The van der Waals surface area contributed by atoms with Gasteiger partial charge in [-0.3, -0.25) is 4.40 Å². The Kier molecular flexibility index (Phi) is 2.38. The quantitative estimate of drug-likeness (QED) is 0.335. The molecule has 5 aromatic rings. The average molecular weight is 347 g/mol. The van der Waals surface area contributed by atoms with Gasteiger partial charge >= 0.3 is 0 Å². The lowest BCUT2D eigenvalue weighted by Crippen LogP contribution is -1.91. The fraction of sp³-hybridized carbons (Fsp3) is 0. The fourth-order valence-electron chi connectivity index (χ4n) is 3.31. The van der Waals surface area contributed by atoms with E-state index in [0.717, 1.165) is 21.2 Å². The lowest BCUT2D eigenvalue weighted by atomic mass is 10.1. The number of hydrogen-bond donors (Lipinski definition) is 0. The van der Waals surface area contributed by atoms with E-state index in [9.17, 15) is 0 Å². The number of para-hydroxylation sites is 2. The summed E-state index contributed by atoms with van der Waals surface area (Å²) >= 11 is 3.69. The van der Waals surface area contributed by atoms with Crippen molar-refractivity contribution in [1.29, 1.82) is 0 Å². The molecule has 0 saturated heterocycles. The number of pyridine rings is 1. The van der Waals surface area contributed by atoms with E-state index >= 15 is 0 Å². The van der Waals surface area contributed by atoms with Crippen molar-refractivity contribution in [2.24, 2.45) is 0 Å². The van der Waals surface area contributed by atoms with Gasteiger partial charge in [-0.1, -0.05) is 48.5 Å². The van der Waals surface area contributed by atoms with E-state index in [1.165, 1.54) is 21.7 Å². The van der Waals surface area contributed by atoms with Crippen LogP contribution in [0, 0.1) is 0 Å². The molecule has 0 atom stereocenters. The first-order valence-corrected chi connectivity index (χ1v) is 8.00. The summed E-state index contributed by atoms with van der Waals surface area (Å²) in [6.07, 6.45) is 0. The Morgan fingerprint density at radius 2 is 1.45 bits per heavy atom. The largest absolute Gasteiger partial charge is 0.291 e. The van der Waals surface area contributed by atoms with Crippen molar-refractivity contribution in [3.63, 3.8) is 0 Å². The number of fused-ring (bicyclic) bond motifs is 8. The number of imidazole rings is 1. The molecule has 2 heterocycles. The van der Waals surface area contributed by atoms with Gasteiger partial charge in [-0.15, -0.1) is 0 Å². The Morgan fingerprint density at radius 3 is 2.32 bits per heavy atom. The van der Waals surface area contributed by atoms with Gasteiger partial charge in [0.2, 0.25) is 0 Å². The summed E-state index contributed by atoms with van der Waals surface area (Å²) in [7, 11) is 0. The third kappa shape index (κ3) is 1.46. The standard InChI is InChI=1S/C19H11BrN2/c20-15-9-5-10-16-18(15)22-17-11-4-3-7-13(17)12-6-1-2-8-14(12)19(22)21-16/h1-11H. The molecular formula is C19H11BrN2. The predicted octanol–water partition coefficient (Wildman–Crippen LogP) is 5.56. The first-order valence-electron chi connectivity index (χ1n) is 7.21. The van der Waals surface area contributed by atoms with Gasteiger partial charge in [0.15, 0.2) is 0 Å². The molecule has 0 aliphatic rings. The highest BCUT2D eigenvalue weighted by Crippen LogP contribution is 2.34. The maximum Gasteiger partial charge on any atom is 0.146 e. The topological polar surface area (TPSA) is 17.3 Å². The minimum atomic E-state index is 1.01. The second-order valence-corrected chi connectivity index (χ2v) is 6.30. The molecule has 0 aliphatic carbocycles. The average Bonchev–Trinajstić information content (AvgIpc) is 2.96. The molecule has 0 amide bonds. The number of hydrogen-bond acceptors (Lipinski definition) is 1. The molecule has 0 aliphatic heterocycles. The maximum atomic E-state index is 4.89. The Balaban J connectivity index is 2.26. The van der Waals surface area contributed by atoms with Crippen LogP contribution in [-0.4, -0.2) is 9.38 Å². The molecular weight excluding hydrogens is 336 g/mol. The van der Waals surface area contributed by atoms with Crippen molar-refractivity contribution in [1.82, 2.24) is 9.38 Å². The normalized spacial score (nSPS) is 11.9. The molecule has 0 saturated carbocycles. The van der Waals surface area contributed by atoms with Gasteiger partial charge < -0.3 is 0 Å². The summed E-state index contributed by atoms with van der Waals surface area (Å²) < 4.78 is 3.33. The van der Waals surface area contributed by atoms with Gasteiger partial charge in [0.05, 0.1) is 16.6 Å². The van der Waals surface area contributed by atoms with Crippen molar-refractivity contribution in [2.45, 2.75) is 0 Å². The third-order valence-electron chi connectivity index (χ3n) is 4.23. The van der Waals surface area contributed by atoms with Crippen LogP contribution < -0.4 is 0 Å². The summed E-state index contributed by atoms with van der Waals surface area (Å²) in [5.41, 5.74) is 4.33. The van der Waals surface area contributed by atoms with Gasteiger partial charge in [-0.05, 0) is 39.5 Å². The summed E-state index contributed by atoms with van der Waals surface area (Å²) in [4.78, 5) is 4.89. The summed E-state index contributed by atoms with van der Waals surface area (Å²) in [5.74, 6) is 0. The molecule has 0 radical (unpaired) electrons. The van der Waals surface area contributed by atoms with Crippen LogP contribution in [0.4, 0.5) is 0 Å². The fourth-order valence-corrected chi connectivity index (χ4v) is 3.84. The van der Waals surface area contributed by atoms with E-state index in [1.54, 1.807) is 0 Å². The van der Waals surface area contributed by atoms with Gasteiger partial charge in [-0.2, -0.15) is 0 Å². The highest BCUT2D eigenvalue weighted by Gasteiger charge is 2.14. The van der Waals surface area contributed by atoms with Gasteiger partial charge in [-0.25, -0.2) is 4.98 Å². The number of halogens is 1. The minimum Gasteiger partial charge on any atom is -0.291 e. The van der Waals surface area contributed by atoms with Crippen molar-refractivity contribution in [2.75, 3.05) is 0 Å². The Bertz CT molecular complexity index is 1190. The van der Waals surface area contributed by atoms with E-state index in [0.29, 0.717) is 0 Å². The molecule has 0 fully saturated rings. The van der Waals surface area contributed by atoms with E-state index < -0.39 is 0 Å². The molecule has 104 valence electrons. The van der Waals surface area contributed by atoms with Crippen LogP contribution in [0.3, 0.4) is 0 Å². The van der Waals surface area contributed by atoms with Gasteiger partial charge in [0.1, 0.15) is 5.65 Å². The Labute approximate surface area is 135 Å². The molecule has 0 spiro atoms. The molecule has 0 bridgehead atoms. The molecule has 0 unspecified atom stereocenters. The predicted molar refractivity (Wildman–Crippen MR) is 95.4 cm³/mol. The molecule has 22 heavy (non-hydrogen) atoms. The smallest absolute Gasteiger partial charge is 0.146 e. The summed E-state index contributed by atoms with van der Waals surface area (Å²) in [5, 5.41) is 3.68. The van der Waals surface area contributed by atoms with E-state index in [1.807, 2.05) is 6.07 Å². The van der Waals surface area contributed by atoms with Crippen LogP contribution >= 0.6 is 15.9 Å². The van der Waals surface area contributed by atoms with Gasteiger partial charge in [0.25, 0.3) is 0 Å². The molecule has 0 N–H and O–H groups in total. The van der Waals surface area contributed by atoms with Crippen molar-refractivity contribution in [3.05, 3.63) is 71.2 Å². The second-order valence-electron chi connectivity index (χ2n) is 5.44. The molecule has 2 nitrogen and oxygen atoms in total. The van der Waals surface area contributed by atoms with Crippen LogP contribution in [-0.2, 0) is 0 Å². The summed E-state index contributed by atoms with van der Waals surface area (Å²) in [6, 6.07) is 23.2. The van der Waals surface area contributed by atoms with Crippen LogP contribution in [0.2, 0.25) is 0 Å². The first kappa shape index (κ1) is 12.2. The molecule has 3 aromatic carbocycles. The minimum absolute atomic E-state index is 1.01. The summed E-state index contributed by atoms with van der Waals surface area (Å²) in [6.45, 7) is 0. The number of nitrogens with zero attached hydrogens (tertiary/aromatic N) is 2. The lowest BCUT2D eigenvalue weighted by molar-refractivity contribution is 1.31. The van der Waals surface area contributed by atoms with Gasteiger partial charge in [0, 0.05) is 15.2 Å². The maximum absolute atomic E-state index is 4.89. The number of benzene rings is 3. The Morgan fingerprint density at radius 1 is 0.727 bits per heavy atom. The van der Waals surface area contributed by atoms with Crippen molar-refractivity contribution < 1.29 is 0 Å². The van der Waals surface area contributed by atoms with Crippen molar-refractivity contribution in [3.8, 4) is 0 Å².